The van der Waals surface area contributed by atoms with Crippen molar-refractivity contribution in [3.8, 4) is 5.75 Å². The first-order chi connectivity index (χ1) is 12.7. The number of carbonyl (C=O) groups is 1. The number of ether oxygens (including phenoxy) is 1. The van der Waals surface area contributed by atoms with Crippen LogP contribution < -0.4 is 9.64 Å². The second-order valence-electron chi connectivity index (χ2n) is 5.60. The predicted molar refractivity (Wildman–Crippen MR) is 104 cm³/mol. The van der Waals surface area contributed by atoms with Crippen molar-refractivity contribution in [2.45, 2.75) is 13.5 Å². The van der Waals surface area contributed by atoms with Crippen LogP contribution in [0.4, 0.5) is 5.82 Å². The average molecular weight is 367 g/mol. The number of pyridine rings is 1. The van der Waals surface area contributed by atoms with Gasteiger partial charge in [0.05, 0.1) is 18.7 Å². The highest BCUT2D eigenvalue weighted by atomic mass is 35.5. The van der Waals surface area contributed by atoms with Gasteiger partial charge >= 0.3 is 0 Å². The van der Waals surface area contributed by atoms with Crippen molar-refractivity contribution in [1.29, 1.82) is 0 Å². The third-order valence-corrected chi connectivity index (χ3v) is 4.24. The smallest absolute Gasteiger partial charge is 0.263 e. The van der Waals surface area contributed by atoms with Gasteiger partial charge in [-0.1, -0.05) is 48.0 Å². The summed E-state index contributed by atoms with van der Waals surface area (Å²) in [5.41, 5.74) is 1.34. The molecule has 4 nitrogen and oxygen atoms in total. The molecule has 3 rings (SSSR count). The molecule has 2 aromatic carbocycles. The van der Waals surface area contributed by atoms with Crippen LogP contribution in [0.25, 0.3) is 0 Å². The Morgan fingerprint density at radius 1 is 1.04 bits per heavy atom. The topological polar surface area (TPSA) is 42.4 Å². The number of rotatable bonds is 6. The van der Waals surface area contributed by atoms with Crippen LogP contribution >= 0.6 is 11.6 Å². The minimum atomic E-state index is -0.187. The molecule has 132 valence electrons. The van der Waals surface area contributed by atoms with E-state index in [4.69, 9.17) is 16.3 Å². The molecule has 1 amide bonds. The Labute approximate surface area is 158 Å². The maximum absolute atomic E-state index is 13.3. The van der Waals surface area contributed by atoms with Gasteiger partial charge in [0.25, 0.3) is 5.91 Å². The van der Waals surface area contributed by atoms with Crippen LogP contribution in [0.1, 0.15) is 22.8 Å². The highest BCUT2D eigenvalue weighted by molar-refractivity contribution is 6.31. The molecule has 0 saturated carbocycles. The quantitative estimate of drug-likeness (QED) is 0.617. The molecule has 0 aliphatic rings. The molecular weight excluding hydrogens is 348 g/mol. The normalized spacial score (nSPS) is 10.4. The molecule has 5 heteroatoms. The number of benzene rings is 2. The average Bonchev–Trinajstić information content (AvgIpc) is 2.68. The van der Waals surface area contributed by atoms with Crippen LogP contribution in [0, 0.1) is 0 Å². The van der Waals surface area contributed by atoms with E-state index in [-0.39, 0.29) is 5.91 Å². The fraction of sp³-hybridized carbons (Fsp3) is 0.143. The Balaban J connectivity index is 2.01. The second kappa shape index (κ2) is 8.50. The van der Waals surface area contributed by atoms with E-state index in [1.165, 1.54) is 0 Å². The summed E-state index contributed by atoms with van der Waals surface area (Å²) < 4.78 is 5.62. The number of carbonyl (C=O) groups excluding carboxylic acids is 1. The third-order valence-electron chi connectivity index (χ3n) is 3.87. The lowest BCUT2D eigenvalue weighted by Gasteiger charge is -2.23. The second-order valence-corrected chi connectivity index (χ2v) is 6.01. The van der Waals surface area contributed by atoms with Gasteiger partial charge in [0.2, 0.25) is 0 Å². The molecule has 0 N–H and O–H groups in total. The highest BCUT2D eigenvalue weighted by Crippen LogP contribution is 2.25. The van der Waals surface area contributed by atoms with Crippen LogP contribution in [0.2, 0.25) is 5.02 Å². The number of hydrogen-bond donors (Lipinski definition) is 0. The van der Waals surface area contributed by atoms with E-state index in [0.29, 0.717) is 35.3 Å². The van der Waals surface area contributed by atoms with Crippen molar-refractivity contribution < 1.29 is 9.53 Å². The molecule has 0 radical (unpaired) electrons. The van der Waals surface area contributed by atoms with E-state index in [2.05, 4.69) is 4.98 Å². The fourth-order valence-corrected chi connectivity index (χ4v) is 2.83. The van der Waals surface area contributed by atoms with Crippen LogP contribution in [0.3, 0.4) is 0 Å². The molecule has 1 heterocycles. The van der Waals surface area contributed by atoms with E-state index < -0.39 is 0 Å². The fourth-order valence-electron chi connectivity index (χ4n) is 2.64. The lowest BCUT2D eigenvalue weighted by molar-refractivity contribution is 0.0980. The Kier molecular flexibility index (Phi) is 5.87. The summed E-state index contributed by atoms with van der Waals surface area (Å²) in [7, 11) is 0. The molecule has 0 aliphatic carbocycles. The van der Waals surface area contributed by atoms with Gasteiger partial charge in [-0.3, -0.25) is 9.69 Å². The SMILES string of the molecule is CCOc1ccccc1C(=O)N(Cc1ccccc1Cl)c1ccccn1. The third kappa shape index (κ3) is 4.03. The van der Waals surface area contributed by atoms with E-state index in [1.54, 1.807) is 29.3 Å². The highest BCUT2D eigenvalue weighted by Gasteiger charge is 2.23. The molecular formula is C21H19ClN2O2. The molecule has 0 saturated heterocycles. The zero-order valence-electron chi connectivity index (χ0n) is 14.4. The maximum atomic E-state index is 13.3. The standard InChI is InChI=1S/C21H19ClN2O2/c1-2-26-19-12-6-4-10-17(19)21(25)24(20-13-7-8-14-23-20)15-16-9-3-5-11-18(16)22/h3-14H,2,15H2,1H3. The van der Waals surface area contributed by atoms with Crippen molar-refractivity contribution in [2.24, 2.45) is 0 Å². The largest absolute Gasteiger partial charge is 0.493 e. The zero-order chi connectivity index (χ0) is 18.4. The lowest BCUT2D eigenvalue weighted by atomic mass is 10.1. The number of nitrogens with zero attached hydrogens (tertiary/aromatic N) is 2. The van der Waals surface area contributed by atoms with Crippen molar-refractivity contribution >= 4 is 23.3 Å². The maximum Gasteiger partial charge on any atom is 0.263 e. The summed E-state index contributed by atoms with van der Waals surface area (Å²) in [5.74, 6) is 0.927. The minimum absolute atomic E-state index is 0.187. The van der Waals surface area contributed by atoms with E-state index in [1.807, 2.05) is 55.5 Å². The Hall–Kier alpha value is -2.85. The molecule has 3 aromatic rings. The molecule has 1 aromatic heterocycles. The number of halogens is 1. The van der Waals surface area contributed by atoms with Gasteiger partial charge < -0.3 is 4.74 Å². The van der Waals surface area contributed by atoms with Gasteiger partial charge in [-0.15, -0.1) is 0 Å². The molecule has 26 heavy (non-hydrogen) atoms. The molecule has 0 aliphatic heterocycles. The number of aromatic nitrogens is 1. The number of anilines is 1. The van der Waals surface area contributed by atoms with Gasteiger partial charge in [-0.05, 0) is 42.8 Å². The van der Waals surface area contributed by atoms with E-state index >= 15 is 0 Å². The van der Waals surface area contributed by atoms with E-state index in [9.17, 15) is 4.79 Å². The summed E-state index contributed by atoms with van der Waals surface area (Å²) in [4.78, 5) is 19.3. The number of amides is 1. The van der Waals surface area contributed by atoms with Crippen molar-refractivity contribution in [3.63, 3.8) is 0 Å². The van der Waals surface area contributed by atoms with Crippen molar-refractivity contribution in [1.82, 2.24) is 4.98 Å². The summed E-state index contributed by atoms with van der Waals surface area (Å²) in [5, 5.41) is 0.610. The number of para-hydroxylation sites is 1. The predicted octanol–water partition coefficient (Wildman–Crippen LogP) is 4.98. The Morgan fingerprint density at radius 2 is 1.77 bits per heavy atom. The lowest BCUT2D eigenvalue weighted by Crippen LogP contribution is -2.31. The number of hydrogen-bond acceptors (Lipinski definition) is 3. The molecule has 0 unspecified atom stereocenters. The van der Waals surface area contributed by atoms with Crippen LogP contribution in [0.5, 0.6) is 5.75 Å². The van der Waals surface area contributed by atoms with Crippen molar-refractivity contribution in [3.05, 3.63) is 89.1 Å². The van der Waals surface area contributed by atoms with Crippen LogP contribution in [-0.2, 0) is 6.54 Å². The van der Waals surface area contributed by atoms with Crippen LogP contribution in [0.15, 0.2) is 72.9 Å². The summed E-state index contributed by atoms with van der Waals surface area (Å²) in [6, 6.07) is 20.2. The monoisotopic (exact) mass is 366 g/mol. The van der Waals surface area contributed by atoms with Crippen molar-refractivity contribution in [2.75, 3.05) is 11.5 Å². The first-order valence-electron chi connectivity index (χ1n) is 8.39. The van der Waals surface area contributed by atoms with Crippen LogP contribution in [-0.4, -0.2) is 17.5 Å². The van der Waals surface area contributed by atoms with E-state index in [0.717, 1.165) is 5.56 Å². The summed E-state index contributed by atoms with van der Waals surface area (Å²) >= 11 is 6.30. The van der Waals surface area contributed by atoms with Gasteiger partial charge in [-0.2, -0.15) is 0 Å². The van der Waals surface area contributed by atoms with Gasteiger partial charge in [0, 0.05) is 11.2 Å². The summed E-state index contributed by atoms with van der Waals surface area (Å²) in [6.45, 7) is 2.69. The first-order valence-corrected chi connectivity index (χ1v) is 8.76. The summed E-state index contributed by atoms with van der Waals surface area (Å²) in [6.07, 6.45) is 1.66. The van der Waals surface area contributed by atoms with Gasteiger partial charge in [0.1, 0.15) is 11.6 Å². The molecule has 0 bridgehead atoms. The zero-order valence-corrected chi connectivity index (χ0v) is 15.2. The Bertz CT molecular complexity index is 884. The van der Waals surface area contributed by atoms with Gasteiger partial charge in [-0.25, -0.2) is 4.98 Å². The van der Waals surface area contributed by atoms with Gasteiger partial charge in [0.15, 0.2) is 0 Å². The molecule has 0 spiro atoms. The minimum Gasteiger partial charge on any atom is -0.493 e. The Morgan fingerprint density at radius 3 is 2.50 bits per heavy atom. The first kappa shape index (κ1) is 18.0. The molecule has 0 fully saturated rings. The molecule has 0 atom stereocenters.